The Bertz CT molecular complexity index is 1650. The zero-order valence-corrected chi connectivity index (χ0v) is 23.0. The van der Waals surface area contributed by atoms with Gasteiger partial charge >= 0.3 is 0 Å². The molecule has 2 heteroatoms. The molecule has 0 radical (unpaired) electrons. The molecule has 0 aromatic heterocycles. The standard InChI is InChI=1S/C37H26S2/c38-37(39)35-23-31(29-15-11-27(12-16-29)25-7-3-1-4-8-25)19-21-33(35)34-22-20-32(24-36(34)37)30-17-13-28(14-18-30)26-9-5-2-6-10-26/h1-24,38-39H. The molecule has 0 aliphatic heterocycles. The molecule has 0 spiro atoms. The lowest BCUT2D eigenvalue weighted by Crippen LogP contribution is -2.08. The van der Waals surface area contributed by atoms with Crippen LogP contribution in [0.3, 0.4) is 0 Å². The molecule has 0 nitrogen and oxygen atoms in total. The van der Waals surface area contributed by atoms with Gasteiger partial charge in [0.1, 0.15) is 4.08 Å². The number of benzene rings is 6. The van der Waals surface area contributed by atoms with E-state index in [-0.39, 0.29) is 0 Å². The largest absolute Gasteiger partial charge is 0.152 e. The Hall–Kier alpha value is -3.98. The Morgan fingerprint density at radius 2 is 0.590 bits per heavy atom. The Morgan fingerprint density at radius 1 is 0.308 bits per heavy atom. The number of hydrogen-bond donors (Lipinski definition) is 2. The highest BCUT2D eigenvalue weighted by atomic mass is 32.2. The number of thiol groups is 2. The van der Waals surface area contributed by atoms with E-state index in [2.05, 4.69) is 133 Å². The van der Waals surface area contributed by atoms with Crippen molar-refractivity contribution in [1.29, 1.82) is 0 Å². The summed E-state index contributed by atoms with van der Waals surface area (Å²) in [6.45, 7) is 0. The molecule has 0 N–H and O–H groups in total. The van der Waals surface area contributed by atoms with Crippen LogP contribution in [0.15, 0.2) is 146 Å². The van der Waals surface area contributed by atoms with Gasteiger partial charge < -0.3 is 0 Å². The third kappa shape index (κ3) is 4.30. The Labute approximate surface area is 240 Å². The van der Waals surface area contributed by atoms with E-state index in [4.69, 9.17) is 25.3 Å². The molecular weight excluding hydrogens is 509 g/mol. The first kappa shape index (κ1) is 24.1. The SMILES string of the molecule is SC1(S)c2cc(-c3ccc(-c4ccccc4)cc3)ccc2-c2ccc(-c3ccc(-c4ccccc4)cc3)cc21. The summed E-state index contributed by atoms with van der Waals surface area (Å²) >= 11 is 10.2. The zero-order chi connectivity index (χ0) is 26.4. The average Bonchev–Trinajstić information content (AvgIpc) is 3.23. The van der Waals surface area contributed by atoms with Crippen molar-refractivity contribution in [1.82, 2.24) is 0 Å². The van der Waals surface area contributed by atoms with Gasteiger partial charge in [-0.3, -0.25) is 0 Å². The third-order valence-electron chi connectivity index (χ3n) is 7.73. The predicted octanol–water partition coefficient (Wildman–Crippen LogP) is 10.4. The highest BCUT2D eigenvalue weighted by Crippen LogP contribution is 2.55. The summed E-state index contributed by atoms with van der Waals surface area (Å²) in [5, 5.41) is 0. The molecule has 0 amide bonds. The second kappa shape index (κ2) is 9.64. The van der Waals surface area contributed by atoms with E-state index in [1.807, 2.05) is 12.1 Å². The van der Waals surface area contributed by atoms with E-state index >= 15 is 0 Å². The molecule has 0 fully saturated rings. The minimum atomic E-state index is -0.676. The number of rotatable bonds is 4. The van der Waals surface area contributed by atoms with Crippen molar-refractivity contribution in [3.63, 3.8) is 0 Å². The van der Waals surface area contributed by atoms with Gasteiger partial charge in [0, 0.05) is 0 Å². The summed E-state index contributed by atoms with van der Waals surface area (Å²) in [4.78, 5) is 0. The molecule has 7 rings (SSSR count). The van der Waals surface area contributed by atoms with E-state index in [1.165, 1.54) is 55.6 Å². The summed E-state index contributed by atoms with van der Waals surface area (Å²) in [6, 6.07) is 51.9. The van der Waals surface area contributed by atoms with Gasteiger partial charge in [-0.25, -0.2) is 0 Å². The normalized spacial score (nSPS) is 13.1. The van der Waals surface area contributed by atoms with Crippen LogP contribution in [0.1, 0.15) is 11.1 Å². The first-order chi connectivity index (χ1) is 19.1. The first-order valence-corrected chi connectivity index (χ1v) is 14.0. The van der Waals surface area contributed by atoms with E-state index < -0.39 is 4.08 Å². The Morgan fingerprint density at radius 3 is 0.949 bits per heavy atom. The van der Waals surface area contributed by atoms with Crippen molar-refractivity contribution in [3.8, 4) is 55.6 Å². The first-order valence-electron chi connectivity index (χ1n) is 13.1. The monoisotopic (exact) mass is 534 g/mol. The summed E-state index contributed by atoms with van der Waals surface area (Å²) in [6.07, 6.45) is 0. The van der Waals surface area contributed by atoms with Gasteiger partial charge in [-0.15, -0.1) is 0 Å². The van der Waals surface area contributed by atoms with Crippen molar-refractivity contribution in [2.75, 3.05) is 0 Å². The maximum absolute atomic E-state index is 5.12. The fourth-order valence-electron chi connectivity index (χ4n) is 5.61. The van der Waals surface area contributed by atoms with Gasteiger partial charge in [-0.2, -0.15) is 25.3 Å². The number of fused-ring (bicyclic) bond motifs is 3. The van der Waals surface area contributed by atoms with Crippen LogP contribution in [0, 0.1) is 0 Å². The highest BCUT2D eigenvalue weighted by Gasteiger charge is 2.38. The quantitative estimate of drug-likeness (QED) is 0.163. The summed E-state index contributed by atoms with van der Waals surface area (Å²) in [5.41, 5.74) is 14.3. The predicted molar refractivity (Wildman–Crippen MR) is 172 cm³/mol. The van der Waals surface area contributed by atoms with Crippen molar-refractivity contribution >= 4 is 25.3 Å². The molecule has 1 aliphatic rings. The third-order valence-corrected chi connectivity index (χ3v) is 8.69. The molecule has 39 heavy (non-hydrogen) atoms. The average molecular weight is 535 g/mol. The Balaban J connectivity index is 1.20. The molecule has 6 aromatic rings. The van der Waals surface area contributed by atoms with Crippen LogP contribution in [-0.4, -0.2) is 0 Å². The molecule has 0 atom stereocenters. The van der Waals surface area contributed by atoms with E-state index in [9.17, 15) is 0 Å². The maximum atomic E-state index is 5.12. The lowest BCUT2D eigenvalue weighted by molar-refractivity contribution is 1.15. The molecule has 1 aliphatic carbocycles. The molecule has 186 valence electrons. The molecule has 0 bridgehead atoms. The Kier molecular flexibility index (Phi) is 5.96. The summed E-state index contributed by atoms with van der Waals surface area (Å²) in [5.74, 6) is 0. The molecular formula is C37H26S2. The van der Waals surface area contributed by atoms with Crippen LogP contribution in [-0.2, 0) is 4.08 Å². The lowest BCUT2D eigenvalue weighted by Gasteiger charge is -2.20. The van der Waals surface area contributed by atoms with Gasteiger partial charge in [-0.05, 0) is 78.9 Å². The van der Waals surface area contributed by atoms with E-state index in [1.54, 1.807) is 0 Å². The molecule has 0 heterocycles. The van der Waals surface area contributed by atoms with Gasteiger partial charge in [0.25, 0.3) is 0 Å². The minimum Gasteiger partial charge on any atom is -0.152 e. The van der Waals surface area contributed by atoms with E-state index in [0.29, 0.717) is 0 Å². The summed E-state index contributed by atoms with van der Waals surface area (Å²) in [7, 11) is 0. The van der Waals surface area contributed by atoms with Gasteiger partial charge in [0.2, 0.25) is 0 Å². The van der Waals surface area contributed by atoms with Crippen LogP contribution in [0.25, 0.3) is 55.6 Å². The minimum absolute atomic E-state index is 0.676. The van der Waals surface area contributed by atoms with Gasteiger partial charge in [-0.1, -0.05) is 133 Å². The second-order valence-electron chi connectivity index (χ2n) is 10.1. The van der Waals surface area contributed by atoms with Crippen LogP contribution in [0.5, 0.6) is 0 Å². The van der Waals surface area contributed by atoms with Gasteiger partial charge in [0.05, 0.1) is 0 Å². The smallest absolute Gasteiger partial charge is 0.107 e. The van der Waals surface area contributed by atoms with Gasteiger partial charge in [0.15, 0.2) is 0 Å². The molecule has 0 saturated carbocycles. The van der Waals surface area contributed by atoms with Crippen LogP contribution in [0.4, 0.5) is 0 Å². The fraction of sp³-hybridized carbons (Fsp3) is 0.0270. The maximum Gasteiger partial charge on any atom is 0.107 e. The van der Waals surface area contributed by atoms with Crippen LogP contribution < -0.4 is 0 Å². The van der Waals surface area contributed by atoms with Crippen molar-refractivity contribution in [3.05, 3.63) is 157 Å². The van der Waals surface area contributed by atoms with Crippen LogP contribution >= 0.6 is 25.3 Å². The van der Waals surface area contributed by atoms with Crippen molar-refractivity contribution in [2.24, 2.45) is 0 Å². The fourth-order valence-corrected chi connectivity index (χ4v) is 6.35. The summed E-state index contributed by atoms with van der Waals surface area (Å²) < 4.78 is -0.676. The number of hydrogen-bond acceptors (Lipinski definition) is 2. The topological polar surface area (TPSA) is 0 Å². The molecule has 0 unspecified atom stereocenters. The van der Waals surface area contributed by atoms with Crippen molar-refractivity contribution < 1.29 is 0 Å². The molecule has 6 aromatic carbocycles. The second-order valence-corrected chi connectivity index (χ2v) is 11.8. The van der Waals surface area contributed by atoms with E-state index in [0.717, 1.165) is 11.1 Å². The zero-order valence-electron chi connectivity index (χ0n) is 21.3. The van der Waals surface area contributed by atoms with Crippen molar-refractivity contribution in [2.45, 2.75) is 4.08 Å². The molecule has 0 saturated heterocycles. The highest BCUT2D eigenvalue weighted by molar-refractivity contribution is 8.00. The lowest BCUT2D eigenvalue weighted by atomic mass is 9.96. The van der Waals surface area contributed by atoms with Crippen LogP contribution in [0.2, 0.25) is 0 Å².